The lowest BCUT2D eigenvalue weighted by Gasteiger charge is -2.35. The summed E-state index contributed by atoms with van der Waals surface area (Å²) in [7, 11) is 1.38. The molecule has 1 aromatic heterocycles. The van der Waals surface area contributed by atoms with Crippen LogP contribution in [0.4, 0.5) is 18.9 Å². The van der Waals surface area contributed by atoms with Gasteiger partial charge in [0.25, 0.3) is 11.8 Å². The lowest BCUT2D eigenvalue weighted by molar-refractivity contribution is -0.137. The van der Waals surface area contributed by atoms with E-state index in [0.717, 1.165) is 12.1 Å². The summed E-state index contributed by atoms with van der Waals surface area (Å²) in [5.41, 5.74) is -1.40. The molecular formula is C19H15F3N4O3. The van der Waals surface area contributed by atoms with E-state index in [1.807, 2.05) is 6.07 Å². The largest absolute Gasteiger partial charge is 0.495 e. The van der Waals surface area contributed by atoms with Crippen LogP contribution in [0.15, 0.2) is 36.7 Å². The molecule has 1 N–H and O–H groups in total. The first-order valence-electron chi connectivity index (χ1n) is 8.43. The number of halogens is 3. The van der Waals surface area contributed by atoms with E-state index < -0.39 is 23.6 Å². The van der Waals surface area contributed by atoms with Gasteiger partial charge in [-0.2, -0.15) is 18.4 Å². The first kappa shape index (κ1) is 20.1. The summed E-state index contributed by atoms with van der Waals surface area (Å²) >= 11 is 0. The van der Waals surface area contributed by atoms with Crippen LogP contribution in [0.1, 0.15) is 26.3 Å². The van der Waals surface area contributed by atoms with Gasteiger partial charge in [-0.1, -0.05) is 0 Å². The number of nitrogens with zero attached hydrogens (tertiary/aromatic N) is 3. The molecular weight excluding hydrogens is 389 g/mol. The van der Waals surface area contributed by atoms with Gasteiger partial charge < -0.3 is 15.0 Å². The van der Waals surface area contributed by atoms with Crippen LogP contribution in [-0.4, -0.2) is 41.9 Å². The summed E-state index contributed by atoms with van der Waals surface area (Å²) in [5, 5.41) is 11.2. The highest BCUT2D eigenvalue weighted by molar-refractivity contribution is 6.05. The van der Waals surface area contributed by atoms with Crippen molar-refractivity contribution >= 4 is 17.5 Å². The van der Waals surface area contributed by atoms with E-state index in [2.05, 4.69) is 10.3 Å². The quantitative estimate of drug-likeness (QED) is 0.845. The summed E-state index contributed by atoms with van der Waals surface area (Å²) in [5.74, 6) is -1.37. The number of aromatic nitrogens is 1. The van der Waals surface area contributed by atoms with Crippen molar-refractivity contribution in [1.82, 2.24) is 9.88 Å². The Balaban J connectivity index is 1.88. The van der Waals surface area contributed by atoms with E-state index in [9.17, 15) is 22.8 Å². The molecule has 2 aromatic rings. The number of nitriles is 1. The van der Waals surface area contributed by atoms with E-state index >= 15 is 0 Å². The van der Waals surface area contributed by atoms with Gasteiger partial charge in [0.15, 0.2) is 0 Å². The number of methoxy groups -OCH3 is 1. The number of hydrogen-bond acceptors (Lipinski definition) is 5. The monoisotopic (exact) mass is 404 g/mol. The van der Waals surface area contributed by atoms with Gasteiger partial charge >= 0.3 is 6.18 Å². The molecule has 1 fully saturated rings. The Hall–Kier alpha value is -3.61. The third-order valence-electron chi connectivity index (χ3n) is 4.33. The molecule has 0 atom stereocenters. The Kier molecular flexibility index (Phi) is 5.41. The van der Waals surface area contributed by atoms with Gasteiger partial charge in [0.2, 0.25) is 0 Å². The molecule has 1 saturated heterocycles. The highest BCUT2D eigenvalue weighted by atomic mass is 19.4. The topological polar surface area (TPSA) is 95.3 Å². The molecule has 10 heteroatoms. The summed E-state index contributed by atoms with van der Waals surface area (Å²) < 4.78 is 44.8. The number of rotatable bonds is 4. The molecule has 7 nitrogen and oxygen atoms in total. The minimum Gasteiger partial charge on any atom is -0.495 e. The lowest BCUT2D eigenvalue weighted by Crippen LogP contribution is -2.49. The van der Waals surface area contributed by atoms with Crippen LogP contribution in [0.25, 0.3) is 0 Å². The summed E-state index contributed by atoms with van der Waals surface area (Å²) in [6.07, 6.45) is -2.10. The molecule has 150 valence electrons. The minimum atomic E-state index is -4.71. The fraction of sp³-hybridized carbons (Fsp3) is 0.263. The average Bonchev–Trinajstić information content (AvgIpc) is 2.66. The Morgan fingerprint density at radius 2 is 1.93 bits per heavy atom. The molecule has 0 spiro atoms. The molecule has 29 heavy (non-hydrogen) atoms. The Labute approximate surface area is 163 Å². The van der Waals surface area contributed by atoms with Gasteiger partial charge in [-0.25, -0.2) is 0 Å². The number of carbonyl (C=O) groups excluding carboxylic acids is 2. The predicted octanol–water partition coefficient (Wildman–Crippen LogP) is 2.96. The predicted molar refractivity (Wildman–Crippen MR) is 95.2 cm³/mol. The first-order valence-corrected chi connectivity index (χ1v) is 8.43. The molecule has 0 unspecified atom stereocenters. The van der Waals surface area contributed by atoms with Crippen LogP contribution in [0, 0.1) is 17.2 Å². The third-order valence-corrected chi connectivity index (χ3v) is 4.33. The van der Waals surface area contributed by atoms with E-state index in [-0.39, 0.29) is 35.8 Å². The fourth-order valence-electron chi connectivity index (χ4n) is 2.75. The van der Waals surface area contributed by atoms with E-state index in [4.69, 9.17) is 10.00 Å². The normalized spacial score (nSPS) is 14.0. The maximum atomic E-state index is 13.3. The molecule has 0 aliphatic carbocycles. The van der Waals surface area contributed by atoms with Crippen molar-refractivity contribution in [1.29, 1.82) is 5.26 Å². The van der Waals surface area contributed by atoms with E-state index in [1.165, 1.54) is 36.5 Å². The highest BCUT2D eigenvalue weighted by Gasteiger charge is 2.35. The van der Waals surface area contributed by atoms with Gasteiger partial charge in [0, 0.05) is 30.5 Å². The number of alkyl halides is 3. The maximum absolute atomic E-state index is 13.3. The zero-order valence-electron chi connectivity index (χ0n) is 15.2. The van der Waals surface area contributed by atoms with Crippen molar-refractivity contribution < 1.29 is 27.5 Å². The third kappa shape index (κ3) is 4.45. The average molecular weight is 404 g/mol. The minimum absolute atomic E-state index is 0.0780. The molecule has 3 rings (SSSR count). The van der Waals surface area contributed by atoms with E-state index in [1.54, 1.807) is 0 Å². The van der Waals surface area contributed by atoms with Crippen molar-refractivity contribution in [3.05, 3.63) is 53.3 Å². The number of ether oxygens (including phenoxy) is 1. The molecule has 0 saturated carbocycles. The summed E-state index contributed by atoms with van der Waals surface area (Å²) in [6.45, 7) is 0.311. The van der Waals surface area contributed by atoms with Gasteiger partial charge in [-0.15, -0.1) is 0 Å². The van der Waals surface area contributed by atoms with Crippen LogP contribution in [0.5, 0.6) is 5.75 Å². The number of benzene rings is 1. The van der Waals surface area contributed by atoms with Crippen LogP contribution < -0.4 is 10.1 Å². The number of nitrogens with one attached hydrogen (secondary N) is 1. The number of likely N-dealkylation sites (tertiary alicyclic amines) is 1. The zero-order valence-corrected chi connectivity index (χ0v) is 15.2. The van der Waals surface area contributed by atoms with Crippen molar-refractivity contribution in [2.75, 3.05) is 25.5 Å². The molecule has 0 bridgehead atoms. The molecule has 1 aromatic carbocycles. The fourth-order valence-corrected chi connectivity index (χ4v) is 2.75. The van der Waals surface area contributed by atoms with Crippen molar-refractivity contribution in [3.63, 3.8) is 0 Å². The molecule has 1 aliphatic heterocycles. The van der Waals surface area contributed by atoms with Crippen molar-refractivity contribution in [2.45, 2.75) is 6.18 Å². The maximum Gasteiger partial charge on any atom is 0.416 e. The smallest absolute Gasteiger partial charge is 0.416 e. The number of anilines is 1. The lowest BCUT2D eigenvalue weighted by atomic mass is 9.99. The number of pyridine rings is 1. The van der Waals surface area contributed by atoms with E-state index in [0.29, 0.717) is 5.75 Å². The second-order valence-corrected chi connectivity index (χ2v) is 6.40. The zero-order chi connectivity index (χ0) is 21.2. The Morgan fingerprint density at radius 1 is 1.21 bits per heavy atom. The first-order chi connectivity index (χ1) is 13.7. The molecule has 0 radical (unpaired) electrons. The van der Waals surface area contributed by atoms with Gasteiger partial charge in [-0.05, 0) is 24.3 Å². The summed E-state index contributed by atoms with van der Waals surface area (Å²) in [4.78, 5) is 30.0. The van der Waals surface area contributed by atoms with Crippen LogP contribution in [0.2, 0.25) is 0 Å². The van der Waals surface area contributed by atoms with Crippen LogP contribution in [0.3, 0.4) is 0 Å². The Morgan fingerprint density at radius 3 is 2.55 bits per heavy atom. The molecule has 2 heterocycles. The number of hydrogen-bond donors (Lipinski definition) is 1. The van der Waals surface area contributed by atoms with Crippen molar-refractivity contribution in [3.8, 4) is 11.8 Å². The van der Waals surface area contributed by atoms with Gasteiger partial charge in [0.1, 0.15) is 5.75 Å². The van der Waals surface area contributed by atoms with Crippen LogP contribution in [-0.2, 0) is 6.18 Å². The summed E-state index contributed by atoms with van der Waals surface area (Å²) in [6, 6.07) is 6.01. The number of amides is 2. The van der Waals surface area contributed by atoms with Gasteiger partial charge in [-0.3, -0.25) is 14.6 Å². The van der Waals surface area contributed by atoms with Crippen molar-refractivity contribution in [2.24, 2.45) is 5.92 Å². The standard InChI is InChI=1S/C19H15F3N4O3/c1-29-16-4-13(7-24-8-16)17(27)25-15-3-12(2-14(5-15)19(20,21)22)18(28)26-9-11(6-23)10-26/h2-5,7-8,11H,9-10H2,1H3,(H,25,27). The Bertz CT molecular complexity index is 995. The molecule has 1 aliphatic rings. The van der Waals surface area contributed by atoms with Gasteiger partial charge in [0.05, 0.1) is 36.4 Å². The second-order valence-electron chi connectivity index (χ2n) is 6.40. The highest BCUT2D eigenvalue weighted by Crippen LogP contribution is 2.33. The SMILES string of the molecule is COc1cncc(C(=O)Nc2cc(C(=O)N3CC(C#N)C3)cc(C(F)(F)F)c2)c1. The van der Waals surface area contributed by atoms with Crippen LogP contribution >= 0.6 is 0 Å². The second kappa shape index (κ2) is 7.79. The number of carbonyl (C=O) groups is 2. The molecule has 2 amide bonds.